The van der Waals surface area contributed by atoms with Gasteiger partial charge in [-0.2, -0.15) is 0 Å². The molecule has 0 radical (unpaired) electrons. The average Bonchev–Trinajstić information content (AvgIpc) is 2.44. The highest BCUT2D eigenvalue weighted by molar-refractivity contribution is 5.92. The largest absolute Gasteiger partial charge is 0.473 e. The van der Waals surface area contributed by atoms with Crippen molar-refractivity contribution in [1.29, 1.82) is 0 Å². The maximum Gasteiger partial charge on any atom is 0.336 e. The Balaban J connectivity index is 2.09. The van der Waals surface area contributed by atoms with Gasteiger partial charge in [-0.25, -0.2) is 4.79 Å². The van der Waals surface area contributed by atoms with E-state index in [0.29, 0.717) is 18.4 Å². The van der Waals surface area contributed by atoms with Gasteiger partial charge in [0, 0.05) is 23.0 Å². The van der Waals surface area contributed by atoms with Crippen molar-refractivity contribution in [2.45, 2.75) is 39.4 Å². The third-order valence-corrected chi connectivity index (χ3v) is 4.65. The van der Waals surface area contributed by atoms with Gasteiger partial charge >= 0.3 is 5.97 Å². The summed E-state index contributed by atoms with van der Waals surface area (Å²) in [5.74, 6) is -1.63. The summed E-state index contributed by atoms with van der Waals surface area (Å²) in [6.07, 6.45) is 6.34. The van der Waals surface area contributed by atoms with Crippen LogP contribution in [0, 0.1) is 11.3 Å². The van der Waals surface area contributed by atoms with Crippen LogP contribution in [0.5, 0.6) is 0 Å². The molecule has 2 heterocycles. The summed E-state index contributed by atoms with van der Waals surface area (Å²) in [4.78, 5) is 11.7. The molecule has 0 aromatic carbocycles. The van der Waals surface area contributed by atoms with Crippen molar-refractivity contribution in [1.82, 2.24) is 0 Å². The van der Waals surface area contributed by atoms with Crippen molar-refractivity contribution < 1.29 is 19.4 Å². The Morgan fingerprint density at radius 3 is 2.89 bits per heavy atom. The van der Waals surface area contributed by atoms with Gasteiger partial charge in [-0.15, -0.1) is 0 Å². The standard InChI is InChI=1S/C15H18O4/c1-9-7-18-5-4-14(3)8-15(17)12(6-11(9)14)10(2)13(16)19-15/h4-5,7,11,17H,6,8H2,1-3H3. The van der Waals surface area contributed by atoms with Gasteiger partial charge in [0.05, 0.1) is 12.5 Å². The molecular formula is C15H18O4. The summed E-state index contributed by atoms with van der Waals surface area (Å²) in [6, 6.07) is 0. The molecule has 3 atom stereocenters. The highest BCUT2D eigenvalue weighted by atomic mass is 16.7. The van der Waals surface area contributed by atoms with Gasteiger partial charge in [0.25, 0.3) is 0 Å². The molecule has 0 saturated heterocycles. The van der Waals surface area contributed by atoms with E-state index in [1.165, 1.54) is 0 Å². The molecule has 4 heteroatoms. The van der Waals surface area contributed by atoms with Crippen LogP contribution in [-0.2, 0) is 14.3 Å². The van der Waals surface area contributed by atoms with E-state index >= 15 is 0 Å². The lowest BCUT2D eigenvalue weighted by atomic mass is 9.61. The Labute approximate surface area is 112 Å². The third-order valence-electron chi connectivity index (χ3n) is 4.65. The summed E-state index contributed by atoms with van der Waals surface area (Å²) >= 11 is 0. The molecule has 1 fully saturated rings. The Kier molecular flexibility index (Phi) is 2.45. The van der Waals surface area contributed by atoms with Gasteiger partial charge in [0.1, 0.15) is 0 Å². The normalized spacial score (nSPS) is 40.9. The monoisotopic (exact) mass is 262 g/mol. The summed E-state index contributed by atoms with van der Waals surface area (Å²) in [6.45, 7) is 5.81. The van der Waals surface area contributed by atoms with Crippen LogP contribution in [0.25, 0.3) is 0 Å². The minimum Gasteiger partial charge on any atom is -0.473 e. The zero-order valence-corrected chi connectivity index (χ0v) is 11.4. The first-order valence-electron chi connectivity index (χ1n) is 6.51. The molecule has 3 rings (SSSR count). The minimum absolute atomic E-state index is 0.214. The van der Waals surface area contributed by atoms with Crippen molar-refractivity contribution in [2.24, 2.45) is 11.3 Å². The summed E-state index contributed by atoms with van der Waals surface area (Å²) in [7, 11) is 0. The summed E-state index contributed by atoms with van der Waals surface area (Å²) in [5.41, 5.74) is 2.11. The van der Waals surface area contributed by atoms with Gasteiger partial charge in [0.2, 0.25) is 5.79 Å². The van der Waals surface area contributed by atoms with Gasteiger partial charge in [-0.1, -0.05) is 6.92 Å². The lowest BCUT2D eigenvalue weighted by Gasteiger charge is -2.45. The van der Waals surface area contributed by atoms with Crippen LogP contribution in [0.1, 0.15) is 33.6 Å². The van der Waals surface area contributed by atoms with Crippen LogP contribution < -0.4 is 0 Å². The second kappa shape index (κ2) is 3.73. The van der Waals surface area contributed by atoms with Gasteiger partial charge < -0.3 is 14.6 Å². The number of carbonyl (C=O) groups excluding carboxylic acids is 1. The van der Waals surface area contributed by atoms with Crippen molar-refractivity contribution in [2.75, 3.05) is 0 Å². The van der Waals surface area contributed by atoms with Gasteiger partial charge in [-0.05, 0) is 37.8 Å². The van der Waals surface area contributed by atoms with Crippen LogP contribution in [0.4, 0.5) is 0 Å². The van der Waals surface area contributed by atoms with Crippen LogP contribution in [0.3, 0.4) is 0 Å². The van der Waals surface area contributed by atoms with Gasteiger partial charge in [0.15, 0.2) is 0 Å². The number of allylic oxidation sites excluding steroid dienone is 2. The van der Waals surface area contributed by atoms with E-state index in [2.05, 4.69) is 6.92 Å². The average molecular weight is 262 g/mol. The number of rotatable bonds is 0. The van der Waals surface area contributed by atoms with Crippen molar-refractivity contribution in [3.63, 3.8) is 0 Å². The molecule has 0 aromatic heterocycles. The fraction of sp³-hybridized carbons (Fsp3) is 0.533. The maximum atomic E-state index is 11.7. The first-order chi connectivity index (χ1) is 8.86. The highest BCUT2D eigenvalue weighted by Crippen LogP contribution is 2.55. The topological polar surface area (TPSA) is 55.8 Å². The SMILES string of the molecule is CC1=COC=CC2(C)CC3(O)OC(=O)C(C)=C3CC12. The molecule has 1 aliphatic carbocycles. The van der Waals surface area contributed by atoms with Gasteiger partial charge in [-0.3, -0.25) is 0 Å². The molecule has 2 aliphatic heterocycles. The Bertz CT molecular complexity index is 542. The number of aliphatic hydroxyl groups is 1. The molecule has 3 aliphatic rings. The molecule has 0 amide bonds. The van der Waals surface area contributed by atoms with E-state index in [0.717, 1.165) is 11.1 Å². The lowest BCUT2D eigenvalue weighted by Crippen LogP contribution is -2.46. The zero-order valence-electron chi connectivity index (χ0n) is 11.4. The molecule has 102 valence electrons. The Morgan fingerprint density at radius 2 is 2.16 bits per heavy atom. The summed E-state index contributed by atoms with van der Waals surface area (Å²) < 4.78 is 10.5. The number of fused-ring (bicyclic) bond motifs is 2. The zero-order chi connectivity index (χ0) is 13.8. The summed E-state index contributed by atoms with van der Waals surface area (Å²) in [5, 5.41) is 10.6. The predicted octanol–water partition coefficient (Wildman–Crippen LogP) is 2.41. The van der Waals surface area contributed by atoms with E-state index in [1.807, 2.05) is 13.0 Å². The maximum absolute atomic E-state index is 11.7. The van der Waals surface area contributed by atoms with E-state index in [-0.39, 0.29) is 11.3 Å². The lowest BCUT2D eigenvalue weighted by molar-refractivity contribution is -0.197. The fourth-order valence-electron chi connectivity index (χ4n) is 3.52. The number of carbonyl (C=O) groups is 1. The molecule has 4 nitrogen and oxygen atoms in total. The molecule has 0 bridgehead atoms. The molecule has 3 unspecified atom stereocenters. The quantitative estimate of drug-likeness (QED) is 0.681. The molecule has 19 heavy (non-hydrogen) atoms. The Hall–Kier alpha value is -1.55. The van der Waals surface area contributed by atoms with E-state index in [1.54, 1.807) is 19.4 Å². The van der Waals surface area contributed by atoms with E-state index < -0.39 is 11.8 Å². The predicted molar refractivity (Wildman–Crippen MR) is 68.6 cm³/mol. The number of hydrogen-bond acceptors (Lipinski definition) is 4. The number of hydrogen-bond donors (Lipinski definition) is 1. The molecule has 1 saturated carbocycles. The van der Waals surface area contributed by atoms with E-state index in [9.17, 15) is 9.90 Å². The van der Waals surface area contributed by atoms with Crippen LogP contribution in [-0.4, -0.2) is 16.9 Å². The van der Waals surface area contributed by atoms with Crippen molar-refractivity contribution in [3.8, 4) is 0 Å². The van der Waals surface area contributed by atoms with Crippen molar-refractivity contribution >= 4 is 5.97 Å². The van der Waals surface area contributed by atoms with Crippen LogP contribution in [0.15, 0.2) is 35.3 Å². The second-order valence-electron chi connectivity index (χ2n) is 6.02. The highest BCUT2D eigenvalue weighted by Gasteiger charge is 2.55. The fourth-order valence-corrected chi connectivity index (χ4v) is 3.52. The smallest absolute Gasteiger partial charge is 0.336 e. The van der Waals surface area contributed by atoms with E-state index in [4.69, 9.17) is 9.47 Å². The first-order valence-corrected chi connectivity index (χ1v) is 6.51. The van der Waals surface area contributed by atoms with Crippen molar-refractivity contribution in [3.05, 3.63) is 35.3 Å². The van der Waals surface area contributed by atoms with Crippen LogP contribution in [0.2, 0.25) is 0 Å². The molecule has 1 N–H and O–H groups in total. The molecule has 0 spiro atoms. The third kappa shape index (κ3) is 1.66. The molecule has 0 aromatic rings. The Morgan fingerprint density at radius 1 is 1.42 bits per heavy atom. The first kappa shape index (κ1) is 12.5. The number of ether oxygens (including phenoxy) is 2. The number of esters is 1. The molecular weight excluding hydrogens is 244 g/mol. The second-order valence-corrected chi connectivity index (χ2v) is 6.02. The van der Waals surface area contributed by atoms with Crippen LogP contribution >= 0.6 is 0 Å². The minimum atomic E-state index is -1.44.